The van der Waals surface area contributed by atoms with Crippen molar-refractivity contribution < 1.29 is 9.15 Å². The Kier molecular flexibility index (Phi) is 2.08. The lowest BCUT2D eigenvalue weighted by atomic mass is 10.2. The summed E-state index contributed by atoms with van der Waals surface area (Å²) < 4.78 is 11.1. The molecule has 0 saturated carbocycles. The summed E-state index contributed by atoms with van der Waals surface area (Å²) in [6.07, 6.45) is 1.49. The number of furan rings is 1. The molecule has 2 atom stereocenters. The highest BCUT2D eigenvalue weighted by molar-refractivity contribution is 7.28. The van der Waals surface area contributed by atoms with Crippen LogP contribution in [0.25, 0.3) is 11.0 Å². The van der Waals surface area contributed by atoms with Crippen molar-refractivity contribution in [2.24, 2.45) is 4.99 Å². The molecule has 0 N–H and O–H groups in total. The molecule has 3 rings (SSSR count). The van der Waals surface area contributed by atoms with E-state index in [-0.39, 0.29) is 6.23 Å². The summed E-state index contributed by atoms with van der Waals surface area (Å²) in [4.78, 5) is 4.21. The normalized spacial score (nSPS) is 20.2. The zero-order valence-corrected chi connectivity index (χ0v) is 9.17. The van der Waals surface area contributed by atoms with E-state index in [9.17, 15) is 0 Å². The third kappa shape index (κ3) is 1.39. The van der Waals surface area contributed by atoms with Crippen LogP contribution >= 0.6 is 9.24 Å². The van der Waals surface area contributed by atoms with Crippen molar-refractivity contribution >= 4 is 31.7 Å². The van der Waals surface area contributed by atoms with Gasteiger partial charge in [0.1, 0.15) is 5.58 Å². The van der Waals surface area contributed by atoms with Gasteiger partial charge >= 0.3 is 0 Å². The Labute approximate surface area is 89.3 Å². The van der Waals surface area contributed by atoms with E-state index >= 15 is 0 Å². The Bertz CT molecular complexity index is 532. The van der Waals surface area contributed by atoms with Gasteiger partial charge in [-0.2, -0.15) is 0 Å². The highest BCUT2D eigenvalue weighted by Gasteiger charge is 2.21. The number of hydrogen-bond acceptors (Lipinski definition) is 3. The number of aliphatic imine (C=N–C) groups is 1. The molecular weight excluding hydrogens is 209 g/mol. The van der Waals surface area contributed by atoms with Crippen molar-refractivity contribution in [2.45, 2.75) is 6.23 Å². The first-order chi connectivity index (χ1) is 7.36. The topological polar surface area (TPSA) is 34.7 Å². The van der Waals surface area contributed by atoms with E-state index in [0.29, 0.717) is 6.61 Å². The van der Waals surface area contributed by atoms with Crippen molar-refractivity contribution in [1.29, 1.82) is 0 Å². The summed E-state index contributed by atoms with van der Waals surface area (Å²) in [7, 11) is 2.70. The fraction of sp³-hybridized carbons (Fsp3) is 0.182. The van der Waals surface area contributed by atoms with Crippen LogP contribution in [0, 0.1) is 0 Å². The summed E-state index contributed by atoms with van der Waals surface area (Å²) in [5, 5.41) is 2.14. The van der Waals surface area contributed by atoms with E-state index in [1.807, 2.05) is 24.3 Å². The molecule has 1 aromatic heterocycles. The van der Waals surface area contributed by atoms with Crippen molar-refractivity contribution in [3.63, 3.8) is 0 Å². The average molecular weight is 219 g/mol. The van der Waals surface area contributed by atoms with Gasteiger partial charge in [0.15, 0.2) is 5.76 Å². The minimum absolute atomic E-state index is 0.273. The Balaban J connectivity index is 2.18. The number of para-hydroxylation sites is 1. The van der Waals surface area contributed by atoms with Crippen LogP contribution < -0.4 is 5.30 Å². The van der Waals surface area contributed by atoms with E-state index in [1.165, 1.54) is 0 Å². The van der Waals surface area contributed by atoms with Crippen LogP contribution in [0.1, 0.15) is 12.0 Å². The maximum Gasteiger partial charge on any atom is 0.207 e. The molecule has 2 aromatic rings. The second kappa shape index (κ2) is 3.44. The van der Waals surface area contributed by atoms with Crippen LogP contribution in [0.5, 0.6) is 0 Å². The van der Waals surface area contributed by atoms with Crippen molar-refractivity contribution in [1.82, 2.24) is 0 Å². The fourth-order valence-corrected chi connectivity index (χ4v) is 2.17. The molecule has 0 spiro atoms. The molecule has 2 unspecified atom stereocenters. The molecule has 2 heterocycles. The van der Waals surface area contributed by atoms with Crippen LogP contribution in [0.2, 0.25) is 0 Å². The van der Waals surface area contributed by atoms with Crippen LogP contribution in [0.3, 0.4) is 0 Å². The lowest BCUT2D eigenvalue weighted by molar-refractivity contribution is 0.0943. The smallest absolute Gasteiger partial charge is 0.207 e. The first-order valence-corrected chi connectivity index (χ1v) is 5.34. The van der Waals surface area contributed by atoms with E-state index in [2.05, 4.69) is 14.2 Å². The number of rotatable bonds is 1. The molecule has 1 aromatic carbocycles. The van der Waals surface area contributed by atoms with Gasteiger partial charge in [0, 0.05) is 16.9 Å². The zero-order chi connectivity index (χ0) is 10.3. The lowest BCUT2D eigenvalue weighted by Crippen LogP contribution is -2.03. The SMILES string of the molecule is Pc1c(C2N=CCO2)oc2ccccc12. The predicted molar refractivity (Wildman–Crippen MR) is 62.7 cm³/mol. The molecule has 0 saturated heterocycles. The molecule has 1 aliphatic heterocycles. The second-order valence-corrected chi connectivity index (χ2v) is 3.97. The second-order valence-electron chi connectivity index (χ2n) is 3.39. The third-order valence-electron chi connectivity index (χ3n) is 2.46. The van der Waals surface area contributed by atoms with Gasteiger partial charge in [-0.05, 0) is 6.07 Å². The molecule has 0 radical (unpaired) electrons. The first kappa shape index (κ1) is 9.08. The highest BCUT2D eigenvalue weighted by Crippen LogP contribution is 2.28. The Morgan fingerprint density at radius 2 is 2.20 bits per heavy atom. The minimum atomic E-state index is -0.273. The Morgan fingerprint density at radius 3 is 2.93 bits per heavy atom. The van der Waals surface area contributed by atoms with Gasteiger partial charge in [0.05, 0.1) is 6.61 Å². The molecule has 0 amide bonds. The molecule has 76 valence electrons. The number of fused-ring (bicyclic) bond motifs is 1. The molecule has 3 nitrogen and oxygen atoms in total. The van der Waals surface area contributed by atoms with Crippen LogP contribution in [-0.4, -0.2) is 12.8 Å². The number of benzene rings is 1. The van der Waals surface area contributed by atoms with Crippen molar-refractivity contribution in [3.8, 4) is 0 Å². The Morgan fingerprint density at radius 1 is 1.33 bits per heavy atom. The van der Waals surface area contributed by atoms with Gasteiger partial charge in [0.2, 0.25) is 6.23 Å². The number of nitrogens with zero attached hydrogens (tertiary/aromatic N) is 1. The third-order valence-corrected chi connectivity index (χ3v) is 3.05. The molecule has 1 aliphatic rings. The average Bonchev–Trinajstić information content (AvgIpc) is 2.87. The molecule has 0 aliphatic carbocycles. The van der Waals surface area contributed by atoms with Gasteiger partial charge in [-0.15, -0.1) is 9.24 Å². The van der Waals surface area contributed by atoms with Gasteiger partial charge in [0.25, 0.3) is 0 Å². The number of hydrogen-bond donors (Lipinski definition) is 0. The molecule has 15 heavy (non-hydrogen) atoms. The summed E-state index contributed by atoms with van der Waals surface area (Å²) in [5.41, 5.74) is 0.878. The largest absolute Gasteiger partial charge is 0.455 e. The van der Waals surface area contributed by atoms with Crippen LogP contribution in [-0.2, 0) is 4.74 Å². The number of ether oxygens (including phenoxy) is 1. The van der Waals surface area contributed by atoms with Gasteiger partial charge < -0.3 is 9.15 Å². The fourth-order valence-electron chi connectivity index (χ4n) is 1.73. The molecular formula is C11H10NO2P. The minimum Gasteiger partial charge on any atom is -0.455 e. The van der Waals surface area contributed by atoms with Crippen LogP contribution in [0.15, 0.2) is 33.7 Å². The highest BCUT2D eigenvalue weighted by atomic mass is 31.0. The molecule has 0 fully saturated rings. The summed E-state index contributed by atoms with van der Waals surface area (Å²) >= 11 is 0. The summed E-state index contributed by atoms with van der Waals surface area (Å²) in [5.74, 6) is 0.787. The Hall–Kier alpha value is -1.18. The van der Waals surface area contributed by atoms with Crippen molar-refractivity contribution in [3.05, 3.63) is 30.0 Å². The van der Waals surface area contributed by atoms with Gasteiger partial charge in [-0.25, -0.2) is 0 Å². The van der Waals surface area contributed by atoms with E-state index in [0.717, 1.165) is 22.0 Å². The van der Waals surface area contributed by atoms with E-state index < -0.39 is 0 Å². The van der Waals surface area contributed by atoms with Gasteiger partial charge in [-0.1, -0.05) is 18.2 Å². The van der Waals surface area contributed by atoms with E-state index in [1.54, 1.807) is 6.21 Å². The monoisotopic (exact) mass is 219 g/mol. The van der Waals surface area contributed by atoms with Crippen LogP contribution in [0.4, 0.5) is 0 Å². The summed E-state index contributed by atoms with van der Waals surface area (Å²) in [6, 6.07) is 7.93. The quantitative estimate of drug-likeness (QED) is 0.688. The lowest BCUT2D eigenvalue weighted by Gasteiger charge is -2.03. The first-order valence-electron chi connectivity index (χ1n) is 4.76. The summed E-state index contributed by atoms with van der Waals surface area (Å²) in [6.45, 7) is 0.561. The predicted octanol–water partition coefficient (Wildman–Crippen LogP) is 2.03. The van der Waals surface area contributed by atoms with E-state index in [4.69, 9.17) is 9.15 Å². The van der Waals surface area contributed by atoms with Gasteiger partial charge in [-0.3, -0.25) is 4.99 Å². The molecule has 4 heteroatoms. The van der Waals surface area contributed by atoms with Crippen molar-refractivity contribution in [2.75, 3.05) is 6.61 Å². The maximum absolute atomic E-state index is 5.72. The zero-order valence-electron chi connectivity index (χ0n) is 8.01. The standard InChI is InChI=1S/C11H10NO2P/c15-10-7-3-1-2-4-8(7)14-9(10)11-12-5-6-13-11/h1-5,11H,6,15H2. The maximum atomic E-state index is 5.72. The molecule has 0 bridgehead atoms.